The Labute approximate surface area is 269 Å². The fraction of sp³-hybridized carbons (Fsp3) is 0.593. The molecule has 0 aliphatic carbocycles. The molecule has 0 aromatic heterocycles. The molecule has 0 saturated carbocycles. The Bertz CT molecular complexity index is 1300. The number of ether oxygens (including phenoxy) is 2. The summed E-state index contributed by atoms with van der Waals surface area (Å²) in [6, 6.07) is 7.19. The number of alkyl carbamates (subject to hydrolysis) is 1. The van der Waals surface area contributed by atoms with Crippen LogP contribution < -0.4 is 36.9 Å². The third-order valence-corrected chi connectivity index (χ3v) is 7.90. The van der Waals surface area contributed by atoms with Crippen LogP contribution in [0.15, 0.2) is 30.3 Å². The Kier molecular flexibility index (Phi) is 17.5. The van der Waals surface area contributed by atoms with Crippen molar-refractivity contribution in [1.82, 2.24) is 15.4 Å². The molecule has 1 saturated heterocycles. The van der Waals surface area contributed by atoms with Crippen LogP contribution in [0.3, 0.4) is 0 Å². The van der Waals surface area contributed by atoms with Crippen molar-refractivity contribution >= 4 is 39.9 Å². The number of carbonyl (C=O) groups is 4. The Hall–Kier alpha value is -4.17. The molecule has 0 spiro atoms. The van der Waals surface area contributed by atoms with Gasteiger partial charge in [-0.25, -0.2) is 13.2 Å². The third-order valence-electron chi connectivity index (χ3n) is 6.43. The number of sulfonamides is 1. The van der Waals surface area contributed by atoms with Crippen LogP contribution >= 0.6 is 0 Å². The van der Waals surface area contributed by atoms with Gasteiger partial charge in [-0.05, 0) is 37.7 Å². The fourth-order valence-electron chi connectivity index (χ4n) is 4.08. The van der Waals surface area contributed by atoms with E-state index >= 15 is 0 Å². The number of nitrogens with two attached hydrogens (primary N) is 2. The lowest BCUT2D eigenvalue weighted by Gasteiger charge is -2.25. The zero-order chi connectivity index (χ0) is 35.6. The second-order valence-corrected chi connectivity index (χ2v) is 12.2. The summed E-state index contributed by atoms with van der Waals surface area (Å²) >= 11 is 0. The molecule has 0 bridgehead atoms. The van der Waals surface area contributed by atoms with Crippen LogP contribution in [0.5, 0.6) is 0 Å². The van der Waals surface area contributed by atoms with Crippen LogP contribution in [-0.2, 0) is 40.5 Å². The van der Waals surface area contributed by atoms with Gasteiger partial charge in [0.2, 0.25) is 15.9 Å². The number of unbranched alkanes of at least 4 members (excludes halogenated alkanes) is 1. The number of nitrogens with one attached hydrogen (secondary N) is 4. The van der Waals surface area contributed by atoms with Crippen molar-refractivity contribution in [3.8, 4) is 0 Å². The number of carbonyl (C=O) groups excluding carboxylic acids is 3. The molecule has 1 aliphatic heterocycles. The lowest BCUT2D eigenvalue weighted by molar-refractivity contribution is -0.459. The summed E-state index contributed by atoms with van der Waals surface area (Å²) in [5.74, 6) is -5.12. The predicted molar refractivity (Wildman–Crippen MR) is 157 cm³/mol. The van der Waals surface area contributed by atoms with E-state index < -0.39 is 71.0 Å². The topological polar surface area (TPSA) is 266 Å². The molecule has 9 N–H and O–H groups in total. The van der Waals surface area contributed by atoms with Crippen LogP contribution in [0.2, 0.25) is 0 Å². The van der Waals surface area contributed by atoms with Crippen LogP contribution in [0.25, 0.3) is 0 Å². The summed E-state index contributed by atoms with van der Waals surface area (Å²) in [4.78, 5) is 48.4. The van der Waals surface area contributed by atoms with E-state index in [0.717, 1.165) is 5.56 Å². The van der Waals surface area contributed by atoms with Crippen LogP contribution in [0.1, 0.15) is 51.0 Å². The van der Waals surface area contributed by atoms with Crippen molar-refractivity contribution in [3.63, 3.8) is 0 Å². The summed E-state index contributed by atoms with van der Waals surface area (Å²) < 4.78 is 69.1. The number of hydrogen-bond acceptors (Lipinski definition) is 9. The quantitative estimate of drug-likeness (QED) is 0.0508. The molecule has 1 aromatic carbocycles. The van der Waals surface area contributed by atoms with Crippen molar-refractivity contribution in [2.45, 2.75) is 82.5 Å². The molecule has 4 atom stereocenters. The van der Waals surface area contributed by atoms with Gasteiger partial charge in [0.05, 0.1) is 24.4 Å². The largest absolute Gasteiger partial charge is 0.542 e. The van der Waals surface area contributed by atoms with Gasteiger partial charge < -0.3 is 35.1 Å². The lowest BCUT2D eigenvalue weighted by Crippen LogP contribution is -2.78. The molecular formula is C27H41F3N6O10S. The number of guanidine groups is 1. The Balaban J connectivity index is 0.00000141. The Morgan fingerprint density at radius 1 is 1.15 bits per heavy atom. The number of alkyl halides is 3. The molecule has 2 rings (SSSR count). The van der Waals surface area contributed by atoms with E-state index in [0.29, 0.717) is 45.1 Å². The molecule has 20 heteroatoms. The highest BCUT2D eigenvalue weighted by molar-refractivity contribution is 7.89. The van der Waals surface area contributed by atoms with Gasteiger partial charge in [0.1, 0.15) is 24.7 Å². The van der Waals surface area contributed by atoms with Crippen molar-refractivity contribution in [2.24, 2.45) is 11.5 Å². The van der Waals surface area contributed by atoms with E-state index in [2.05, 4.69) is 20.3 Å². The highest BCUT2D eigenvalue weighted by Gasteiger charge is 2.37. The summed E-state index contributed by atoms with van der Waals surface area (Å²) in [5.41, 5.74) is 11.7. The van der Waals surface area contributed by atoms with Crippen LogP contribution in [0, 0.1) is 0 Å². The summed E-state index contributed by atoms with van der Waals surface area (Å²) in [7, 11) is -3.81. The first-order valence-corrected chi connectivity index (χ1v) is 16.1. The van der Waals surface area contributed by atoms with Gasteiger partial charge in [-0.1, -0.05) is 43.7 Å². The number of rotatable bonds is 17. The molecule has 16 nitrogen and oxygen atoms in total. The monoisotopic (exact) mass is 698 g/mol. The lowest BCUT2D eigenvalue weighted by atomic mass is 10.0. The number of aliphatic carboxylic acids is 2. The number of hydrogen-bond donors (Lipinski definition) is 7. The average Bonchev–Trinajstić information content (AvgIpc) is 3.49. The second-order valence-electron chi connectivity index (χ2n) is 10.3. The smallest absolute Gasteiger partial charge is 0.430 e. The second kappa shape index (κ2) is 20.1. The first-order valence-electron chi connectivity index (χ1n) is 14.5. The van der Waals surface area contributed by atoms with E-state index in [-0.39, 0.29) is 18.3 Å². The SMILES string of the molecule is CCCCS(=O)(=O)N[C@@H](CNC(=O)[C@H]1CC[C@H]([C@H](CCC[NH+]=C(N)N)NC(=O)OCc2ccccc2)O1)C(=O)O.O=C([O-])C(F)(F)F. The molecule has 266 valence electrons. The van der Waals surface area contributed by atoms with Gasteiger partial charge in [-0.15, -0.1) is 0 Å². The summed E-state index contributed by atoms with van der Waals surface area (Å²) in [6.07, 6.45) is -4.39. The molecule has 1 fully saturated rings. The summed E-state index contributed by atoms with van der Waals surface area (Å²) in [6.45, 7) is 1.92. The molecule has 1 aromatic rings. The first kappa shape index (κ1) is 40.9. The van der Waals surface area contributed by atoms with E-state index in [4.69, 9.17) is 30.8 Å². The van der Waals surface area contributed by atoms with Crippen molar-refractivity contribution in [3.05, 3.63) is 35.9 Å². The number of carboxylic acids is 2. The van der Waals surface area contributed by atoms with Gasteiger partial charge in [0, 0.05) is 6.54 Å². The molecular weight excluding hydrogens is 657 g/mol. The summed E-state index contributed by atoms with van der Waals surface area (Å²) in [5, 5.41) is 23.5. The number of carboxylic acid groups (broad SMARTS) is 2. The molecule has 2 amide bonds. The van der Waals surface area contributed by atoms with E-state index in [1.807, 2.05) is 37.3 Å². The van der Waals surface area contributed by atoms with Gasteiger partial charge in [0.25, 0.3) is 0 Å². The van der Waals surface area contributed by atoms with Crippen molar-refractivity contribution in [1.29, 1.82) is 0 Å². The minimum Gasteiger partial charge on any atom is -0.542 e. The van der Waals surface area contributed by atoms with E-state index in [9.17, 15) is 41.1 Å². The standard InChI is InChI=1S/C25H40N6O8S.C2HF3O2/c1-2-3-14-40(36,37)31-19(23(33)34)15-29-22(32)21-12-11-20(39-21)18(10-7-13-28-24(26)27)30-25(35)38-16-17-8-5-4-6-9-17;3-2(4,5)1(6)7/h4-6,8-9,18-21,31H,2-3,7,10-16H2,1H3,(H,29,32)(H,30,35)(H,33,34)(H4,26,27,28);(H,6,7)/t18-,19-,20+,21+;/m0./s1. The zero-order valence-electron chi connectivity index (χ0n) is 25.6. The molecule has 0 unspecified atom stereocenters. The number of halogens is 3. The minimum absolute atomic E-state index is 0.0768. The Morgan fingerprint density at radius 3 is 2.34 bits per heavy atom. The van der Waals surface area contributed by atoms with E-state index in [1.54, 1.807) is 0 Å². The van der Waals surface area contributed by atoms with E-state index in [1.165, 1.54) is 0 Å². The van der Waals surface area contributed by atoms with Gasteiger partial charge in [0.15, 0.2) is 0 Å². The highest BCUT2D eigenvalue weighted by Crippen LogP contribution is 2.24. The maximum atomic E-state index is 12.7. The Morgan fingerprint density at radius 2 is 1.79 bits per heavy atom. The predicted octanol–water partition coefficient (Wildman–Crippen LogP) is -2.45. The molecule has 1 heterocycles. The fourth-order valence-corrected chi connectivity index (χ4v) is 5.48. The van der Waals surface area contributed by atoms with Gasteiger partial charge in [-0.3, -0.25) is 26.0 Å². The van der Waals surface area contributed by atoms with Crippen molar-refractivity contribution < 1.29 is 65.4 Å². The normalized spacial score (nSPS) is 17.3. The maximum absolute atomic E-state index is 12.7. The zero-order valence-corrected chi connectivity index (χ0v) is 26.4. The number of benzene rings is 1. The van der Waals surface area contributed by atoms with Gasteiger partial charge >= 0.3 is 24.2 Å². The van der Waals surface area contributed by atoms with Crippen LogP contribution in [-0.4, -0.2) is 92.7 Å². The maximum Gasteiger partial charge on any atom is 0.430 e. The number of amides is 2. The minimum atomic E-state index is -5.19. The average molecular weight is 699 g/mol. The van der Waals surface area contributed by atoms with Gasteiger partial charge in [-0.2, -0.15) is 17.9 Å². The van der Waals surface area contributed by atoms with Crippen LogP contribution in [0.4, 0.5) is 18.0 Å². The molecule has 47 heavy (non-hydrogen) atoms. The third kappa shape index (κ3) is 17.4. The molecule has 0 radical (unpaired) electrons. The first-order chi connectivity index (χ1) is 21.9. The van der Waals surface area contributed by atoms with Crippen molar-refractivity contribution in [2.75, 3.05) is 18.8 Å². The molecule has 1 aliphatic rings. The highest BCUT2D eigenvalue weighted by atomic mass is 32.2.